The molecule has 0 unspecified atom stereocenters. The van der Waals surface area contributed by atoms with E-state index in [2.05, 4.69) is 15.9 Å². The number of nitrogens with zero attached hydrogens (tertiary/aromatic N) is 2. The van der Waals surface area contributed by atoms with Gasteiger partial charge in [0.15, 0.2) is 0 Å². The molecule has 0 fully saturated rings. The summed E-state index contributed by atoms with van der Waals surface area (Å²) in [5.41, 5.74) is 0.0336. The highest BCUT2D eigenvalue weighted by molar-refractivity contribution is 9.11. The minimum atomic E-state index is -0.535. The van der Waals surface area contributed by atoms with Gasteiger partial charge in [-0.05, 0) is 34.1 Å². The average molecular weight is 385 g/mol. The second-order valence-corrected chi connectivity index (χ2v) is 7.06. The predicted octanol–water partition coefficient (Wildman–Crippen LogP) is 3.70. The van der Waals surface area contributed by atoms with Crippen LogP contribution in [0.3, 0.4) is 0 Å². The van der Waals surface area contributed by atoms with Crippen LogP contribution in [0, 0.1) is 10.1 Å². The number of methoxy groups -OCH3 is 1. The largest absolute Gasteiger partial charge is 0.496 e. The van der Waals surface area contributed by atoms with Gasteiger partial charge in [-0.25, -0.2) is 0 Å². The first kappa shape index (κ1) is 16.4. The molecule has 0 saturated heterocycles. The number of carbonyl (C=O) groups excluding carboxylic acids is 1. The van der Waals surface area contributed by atoms with Gasteiger partial charge in [0.1, 0.15) is 5.75 Å². The standard InChI is InChI=1S/C14H13BrN2O4S/c1-16(8-10-4-6-13(15)22-10)14(18)11-7-9(17(19)20)3-5-12(11)21-2/h3-7H,8H2,1-2H3. The second-order valence-electron chi connectivity index (χ2n) is 4.51. The lowest BCUT2D eigenvalue weighted by atomic mass is 10.1. The monoisotopic (exact) mass is 384 g/mol. The topological polar surface area (TPSA) is 72.7 Å². The molecule has 1 amide bonds. The number of halogens is 1. The highest BCUT2D eigenvalue weighted by Crippen LogP contribution is 2.27. The van der Waals surface area contributed by atoms with Crippen LogP contribution in [0.1, 0.15) is 15.2 Å². The Morgan fingerprint density at radius 3 is 2.68 bits per heavy atom. The van der Waals surface area contributed by atoms with E-state index >= 15 is 0 Å². The third-order valence-corrected chi connectivity index (χ3v) is 4.60. The third kappa shape index (κ3) is 3.63. The molecule has 0 spiro atoms. The van der Waals surface area contributed by atoms with Gasteiger partial charge in [0.25, 0.3) is 11.6 Å². The average Bonchev–Trinajstić information content (AvgIpc) is 2.90. The van der Waals surface area contributed by atoms with Crippen LogP contribution in [0.25, 0.3) is 0 Å². The molecule has 0 N–H and O–H groups in total. The lowest BCUT2D eigenvalue weighted by Gasteiger charge is -2.17. The van der Waals surface area contributed by atoms with E-state index in [1.165, 1.54) is 41.5 Å². The summed E-state index contributed by atoms with van der Waals surface area (Å²) in [5.74, 6) is -0.0140. The molecule has 0 bridgehead atoms. The van der Waals surface area contributed by atoms with Crippen molar-refractivity contribution in [2.24, 2.45) is 0 Å². The fourth-order valence-electron chi connectivity index (χ4n) is 1.92. The number of nitro benzene ring substituents is 1. The van der Waals surface area contributed by atoms with E-state index < -0.39 is 4.92 Å². The van der Waals surface area contributed by atoms with Crippen molar-refractivity contribution in [2.45, 2.75) is 6.54 Å². The van der Waals surface area contributed by atoms with E-state index in [1.54, 1.807) is 7.05 Å². The zero-order valence-electron chi connectivity index (χ0n) is 11.9. The first-order valence-electron chi connectivity index (χ1n) is 6.24. The molecule has 0 radical (unpaired) electrons. The van der Waals surface area contributed by atoms with Crippen molar-refractivity contribution >= 4 is 38.9 Å². The van der Waals surface area contributed by atoms with Gasteiger partial charge in [-0.1, -0.05) is 0 Å². The van der Waals surface area contributed by atoms with Crippen LogP contribution in [-0.4, -0.2) is 29.9 Å². The highest BCUT2D eigenvalue weighted by Gasteiger charge is 2.21. The minimum absolute atomic E-state index is 0.142. The Labute approximate surface area is 139 Å². The molecular weight excluding hydrogens is 372 g/mol. The van der Waals surface area contributed by atoms with Crippen LogP contribution in [0.2, 0.25) is 0 Å². The van der Waals surface area contributed by atoms with Gasteiger partial charge in [-0.2, -0.15) is 0 Å². The summed E-state index contributed by atoms with van der Waals surface area (Å²) in [4.78, 5) is 25.4. The van der Waals surface area contributed by atoms with Crippen molar-refractivity contribution in [3.63, 3.8) is 0 Å². The Balaban J connectivity index is 2.27. The number of ether oxygens (including phenoxy) is 1. The Kier molecular flexibility index (Phi) is 5.15. The van der Waals surface area contributed by atoms with Gasteiger partial charge in [-0.15, -0.1) is 11.3 Å². The van der Waals surface area contributed by atoms with Crippen molar-refractivity contribution in [3.05, 3.63) is 54.7 Å². The number of nitro groups is 1. The number of carbonyl (C=O) groups is 1. The van der Waals surface area contributed by atoms with Gasteiger partial charge in [0, 0.05) is 24.1 Å². The second kappa shape index (κ2) is 6.89. The summed E-state index contributed by atoms with van der Waals surface area (Å²) in [5, 5.41) is 10.9. The van der Waals surface area contributed by atoms with E-state index in [1.807, 2.05) is 12.1 Å². The number of rotatable bonds is 5. The van der Waals surface area contributed by atoms with Crippen LogP contribution in [-0.2, 0) is 6.54 Å². The summed E-state index contributed by atoms with van der Waals surface area (Å²) in [6.45, 7) is 0.418. The molecule has 0 saturated carbocycles. The Morgan fingerprint density at radius 2 is 2.14 bits per heavy atom. The Hall–Kier alpha value is -1.93. The van der Waals surface area contributed by atoms with E-state index in [0.717, 1.165) is 8.66 Å². The zero-order valence-corrected chi connectivity index (χ0v) is 14.3. The lowest BCUT2D eigenvalue weighted by molar-refractivity contribution is -0.384. The summed E-state index contributed by atoms with van der Waals surface area (Å²) in [6, 6.07) is 7.81. The van der Waals surface area contributed by atoms with Gasteiger partial charge < -0.3 is 9.64 Å². The number of hydrogen-bond donors (Lipinski definition) is 0. The molecule has 22 heavy (non-hydrogen) atoms. The van der Waals surface area contributed by atoms with Gasteiger partial charge >= 0.3 is 0 Å². The van der Waals surface area contributed by atoms with Gasteiger partial charge in [-0.3, -0.25) is 14.9 Å². The van der Waals surface area contributed by atoms with Crippen LogP contribution >= 0.6 is 27.3 Å². The van der Waals surface area contributed by atoms with Crippen molar-refractivity contribution in [1.82, 2.24) is 4.90 Å². The van der Waals surface area contributed by atoms with Crippen molar-refractivity contribution in [1.29, 1.82) is 0 Å². The summed E-state index contributed by atoms with van der Waals surface area (Å²) >= 11 is 4.90. The molecule has 0 aliphatic rings. The summed E-state index contributed by atoms with van der Waals surface area (Å²) < 4.78 is 6.11. The van der Waals surface area contributed by atoms with E-state index in [9.17, 15) is 14.9 Å². The van der Waals surface area contributed by atoms with Crippen LogP contribution < -0.4 is 4.74 Å². The Bertz CT molecular complexity index is 717. The van der Waals surface area contributed by atoms with Crippen molar-refractivity contribution in [3.8, 4) is 5.75 Å². The predicted molar refractivity (Wildman–Crippen MR) is 87.5 cm³/mol. The third-order valence-electron chi connectivity index (χ3n) is 2.99. The van der Waals surface area contributed by atoms with Gasteiger partial charge in [0.2, 0.25) is 0 Å². The van der Waals surface area contributed by atoms with Crippen LogP contribution in [0.4, 0.5) is 5.69 Å². The smallest absolute Gasteiger partial charge is 0.270 e. The number of amides is 1. The molecule has 0 atom stereocenters. The SMILES string of the molecule is COc1ccc([N+](=O)[O-])cc1C(=O)N(C)Cc1ccc(Br)s1. The quantitative estimate of drug-likeness (QED) is 0.581. The number of non-ortho nitro benzene ring substituents is 1. The van der Waals surface area contributed by atoms with Crippen molar-refractivity contribution in [2.75, 3.05) is 14.2 Å². The van der Waals surface area contributed by atoms with E-state index in [0.29, 0.717) is 12.3 Å². The minimum Gasteiger partial charge on any atom is -0.496 e. The fourth-order valence-corrected chi connectivity index (χ4v) is 3.46. The van der Waals surface area contributed by atoms with Crippen LogP contribution in [0.5, 0.6) is 5.75 Å². The molecule has 1 heterocycles. The summed E-state index contributed by atoms with van der Waals surface area (Å²) in [6.07, 6.45) is 0. The van der Waals surface area contributed by atoms with Crippen LogP contribution in [0.15, 0.2) is 34.1 Å². The molecule has 116 valence electrons. The summed E-state index contributed by atoms with van der Waals surface area (Å²) in [7, 11) is 3.07. The Morgan fingerprint density at radius 1 is 1.41 bits per heavy atom. The van der Waals surface area contributed by atoms with Crippen molar-refractivity contribution < 1.29 is 14.5 Å². The molecule has 1 aromatic carbocycles. The number of benzene rings is 1. The highest BCUT2D eigenvalue weighted by atomic mass is 79.9. The maximum Gasteiger partial charge on any atom is 0.270 e. The van der Waals surface area contributed by atoms with E-state index in [4.69, 9.17) is 4.74 Å². The van der Waals surface area contributed by atoms with Gasteiger partial charge in [0.05, 0.1) is 27.9 Å². The fraction of sp³-hybridized carbons (Fsp3) is 0.214. The molecule has 0 aliphatic heterocycles. The lowest BCUT2D eigenvalue weighted by Crippen LogP contribution is -2.26. The molecule has 1 aromatic heterocycles. The molecule has 2 rings (SSSR count). The first-order chi connectivity index (χ1) is 10.4. The number of hydrogen-bond acceptors (Lipinski definition) is 5. The first-order valence-corrected chi connectivity index (χ1v) is 7.85. The normalized spacial score (nSPS) is 10.3. The molecule has 6 nitrogen and oxygen atoms in total. The molecule has 8 heteroatoms. The zero-order chi connectivity index (χ0) is 16.3. The molecule has 0 aliphatic carbocycles. The molecule has 2 aromatic rings. The molecular formula is C14H13BrN2O4S. The maximum absolute atomic E-state index is 12.5. The number of thiophene rings is 1. The van der Waals surface area contributed by atoms with E-state index in [-0.39, 0.29) is 17.2 Å². The maximum atomic E-state index is 12.5.